The van der Waals surface area contributed by atoms with Crippen molar-refractivity contribution in [3.8, 4) is 11.4 Å². The zero-order chi connectivity index (χ0) is 25.6. The number of carboxylic acid groups (broad SMARTS) is 1. The molecule has 2 aromatic heterocycles. The number of aromatic nitrogens is 2. The van der Waals surface area contributed by atoms with Crippen molar-refractivity contribution < 1.29 is 15.0 Å². The summed E-state index contributed by atoms with van der Waals surface area (Å²) in [6, 6.07) is 19.7. The number of carbonyl (C=O) groups is 1. The van der Waals surface area contributed by atoms with Crippen LogP contribution in [0.3, 0.4) is 0 Å². The molecule has 5 rings (SSSR count). The minimum atomic E-state index is -0.960. The summed E-state index contributed by atoms with van der Waals surface area (Å²) < 4.78 is 2.10. The maximum absolute atomic E-state index is 11.7. The standard InChI is InChI=1S/C28H26N4O3S/c1-16-7-8-19(27(34)35)15-24(16)31-17(2)14-22(18(31)3)26-25(23-6-4-5-13-29-23)30-28(36)32(26)20-9-11-21(33)12-10-20/h4-15,25-26,33H,1-3H3,(H,30,36)(H,34,35). The van der Waals surface area contributed by atoms with Crippen molar-refractivity contribution in [1.82, 2.24) is 14.9 Å². The van der Waals surface area contributed by atoms with Crippen LogP contribution in [0.1, 0.15) is 50.7 Å². The number of anilines is 1. The van der Waals surface area contributed by atoms with Crippen LogP contribution in [0.4, 0.5) is 5.69 Å². The Hall–Kier alpha value is -4.17. The lowest BCUT2D eigenvalue weighted by Crippen LogP contribution is -2.29. The van der Waals surface area contributed by atoms with E-state index in [1.807, 2.05) is 57.2 Å². The number of carboxylic acids is 1. The van der Waals surface area contributed by atoms with Crippen molar-refractivity contribution in [3.05, 3.63) is 107 Å². The molecule has 3 heterocycles. The van der Waals surface area contributed by atoms with Gasteiger partial charge in [0.1, 0.15) is 5.75 Å². The third-order valence-electron chi connectivity index (χ3n) is 6.71. The summed E-state index contributed by atoms with van der Waals surface area (Å²) in [5.74, 6) is -0.778. The highest BCUT2D eigenvalue weighted by Crippen LogP contribution is 2.44. The highest BCUT2D eigenvalue weighted by atomic mass is 32.1. The topological polar surface area (TPSA) is 90.6 Å². The Morgan fingerprint density at radius 2 is 1.78 bits per heavy atom. The number of aromatic carboxylic acids is 1. The van der Waals surface area contributed by atoms with Gasteiger partial charge in [0, 0.05) is 29.0 Å². The lowest BCUT2D eigenvalue weighted by atomic mass is 9.96. The number of phenols is 1. The fourth-order valence-electron chi connectivity index (χ4n) is 5.00. The molecule has 3 N–H and O–H groups in total. The smallest absolute Gasteiger partial charge is 0.335 e. The van der Waals surface area contributed by atoms with E-state index in [1.165, 1.54) is 0 Å². The van der Waals surface area contributed by atoms with Gasteiger partial charge in [-0.3, -0.25) is 4.98 Å². The number of phenolic OH excluding ortho intramolecular Hbond substituents is 1. The van der Waals surface area contributed by atoms with Crippen molar-refractivity contribution in [3.63, 3.8) is 0 Å². The van der Waals surface area contributed by atoms with Crippen LogP contribution in [-0.4, -0.2) is 30.8 Å². The Morgan fingerprint density at radius 1 is 1.03 bits per heavy atom. The molecule has 7 nitrogen and oxygen atoms in total. The Kier molecular flexibility index (Phi) is 5.97. The predicted octanol–water partition coefficient (Wildman–Crippen LogP) is 5.38. The van der Waals surface area contributed by atoms with Crippen LogP contribution in [0.5, 0.6) is 5.75 Å². The summed E-state index contributed by atoms with van der Waals surface area (Å²) in [4.78, 5) is 18.3. The largest absolute Gasteiger partial charge is 0.508 e. The number of hydrogen-bond donors (Lipinski definition) is 3. The van der Waals surface area contributed by atoms with Gasteiger partial charge in [0.15, 0.2) is 5.11 Å². The van der Waals surface area contributed by atoms with Gasteiger partial charge in [0.25, 0.3) is 0 Å². The van der Waals surface area contributed by atoms with E-state index in [4.69, 9.17) is 12.2 Å². The molecule has 1 saturated heterocycles. The summed E-state index contributed by atoms with van der Waals surface area (Å²) in [6.07, 6.45) is 1.77. The molecule has 0 bridgehead atoms. The average Bonchev–Trinajstić information content (AvgIpc) is 3.35. The quantitative estimate of drug-likeness (QED) is 0.318. The van der Waals surface area contributed by atoms with E-state index < -0.39 is 5.97 Å². The van der Waals surface area contributed by atoms with Crippen LogP contribution in [-0.2, 0) is 0 Å². The van der Waals surface area contributed by atoms with E-state index in [0.717, 1.165) is 39.6 Å². The lowest BCUT2D eigenvalue weighted by molar-refractivity contribution is 0.0697. The fourth-order valence-corrected chi connectivity index (χ4v) is 5.35. The zero-order valence-corrected chi connectivity index (χ0v) is 21.0. The van der Waals surface area contributed by atoms with Crippen LogP contribution < -0.4 is 10.2 Å². The number of nitrogens with zero attached hydrogens (tertiary/aromatic N) is 3. The molecule has 1 aliphatic heterocycles. The number of hydrogen-bond acceptors (Lipinski definition) is 4. The summed E-state index contributed by atoms with van der Waals surface area (Å²) in [5, 5.41) is 23.4. The highest BCUT2D eigenvalue weighted by Gasteiger charge is 2.42. The minimum absolute atomic E-state index is 0.182. The van der Waals surface area contributed by atoms with Crippen molar-refractivity contribution >= 4 is 29.0 Å². The van der Waals surface area contributed by atoms with Crippen molar-refractivity contribution in [2.24, 2.45) is 0 Å². The second kappa shape index (κ2) is 9.13. The Morgan fingerprint density at radius 3 is 2.44 bits per heavy atom. The van der Waals surface area contributed by atoms with Crippen LogP contribution in [0.25, 0.3) is 5.69 Å². The van der Waals surface area contributed by atoms with Gasteiger partial charge in [0.2, 0.25) is 0 Å². The van der Waals surface area contributed by atoms with Gasteiger partial charge in [0.05, 0.1) is 23.3 Å². The minimum Gasteiger partial charge on any atom is -0.508 e. The first-order chi connectivity index (χ1) is 17.3. The second-order valence-corrected chi connectivity index (χ2v) is 9.37. The normalized spacial score (nSPS) is 17.3. The number of nitrogens with one attached hydrogen (secondary N) is 1. The molecule has 1 aliphatic rings. The SMILES string of the molecule is Cc1ccc(C(=O)O)cc1-n1c(C)cc(C2C(c3ccccn3)NC(=S)N2c2ccc(O)cc2)c1C. The first-order valence-corrected chi connectivity index (χ1v) is 12.0. The molecular formula is C28H26N4O3S. The third-order valence-corrected chi connectivity index (χ3v) is 7.03. The lowest BCUT2D eigenvalue weighted by Gasteiger charge is -2.28. The van der Waals surface area contributed by atoms with Gasteiger partial charge in [-0.05, 0) is 98.7 Å². The van der Waals surface area contributed by atoms with Gasteiger partial charge in [-0.2, -0.15) is 0 Å². The van der Waals surface area contributed by atoms with Crippen LogP contribution in [0.15, 0.2) is 72.9 Å². The van der Waals surface area contributed by atoms with Crippen LogP contribution >= 0.6 is 12.2 Å². The maximum Gasteiger partial charge on any atom is 0.335 e. The molecule has 2 aromatic carbocycles. The molecule has 0 amide bonds. The fraction of sp³-hybridized carbons (Fsp3) is 0.179. The predicted molar refractivity (Wildman–Crippen MR) is 143 cm³/mol. The van der Waals surface area contributed by atoms with Crippen molar-refractivity contribution in [1.29, 1.82) is 0 Å². The zero-order valence-electron chi connectivity index (χ0n) is 20.1. The van der Waals surface area contributed by atoms with Gasteiger partial charge in [-0.25, -0.2) is 4.79 Å². The molecular weight excluding hydrogens is 472 g/mol. The van der Waals surface area contributed by atoms with E-state index in [0.29, 0.717) is 5.11 Å². The number of aryl methyl sites for hydroxylation is 2. The molecule has 2 atom stereocenters. The van der Waals surface area contributed by atoms with E-state index in [-0.39, 0.29) is 23.4 Å². The number of pyridine rings is 1. The molecule has 0 spiro atoms. The van der Waals surface area contributed by atoms with Crippen LogP contribution in [0, 0.1) is 20.8 Å². The Labute approximate surface area is 214 Å². The van der Waals surface area contributed by atoms with Crippen molar-refractivity contribution in [2.75, 3.05) is 4.90 Å². The summed E-state index contributed by atoms with van der Waals surface area (Å²) >= 11 is 5.80. The molecule has 4 aromatic rings. The van der Waals surface area contributed by atoms with Gasteiger partial charge < -0.3 is 25.0 Å². The molecule has 36 heavy (non-hydrogen) atoms. The maximum atomic E-state index is 11.7. The van der Waals surface area contributed by atoms with E-state index in [2.05, 4.69) is 25.8 Å². The van der Waals surface area contributed by atoms with E-state index in [1.54, 1.807) is 30.5 Å². The molecule has 0 saturated carbocycles. The molecule has 0 aliphatic carbocycles. The van der Waals surface area contributed by atoms with Gasteiger partial charge in [-0.1, -0.05) is 12.1 Å². The molecule has 1 fully saturated rings. The van der Waals surface area contributed by atoms with E-state index in [9.17, 15) is 15.0 Å². The Bertz CT molecular complexity index is 1460. The van der Waals surface area contributed by atoms with Gasteiger partial charge in [-0.15, -0.1) is 0 Å². The third kappa shape index (κ3) is 3.99. The van der Waals surface area contributed by atoms with Gasteiger partial charge >= 0.3 is 5.97 Å². The van der Waals surface area contributed by atoms with Crippen LogP contribution in [0.2, 0.25) is 0 Å². The summed E-state index contributed by atoms with van der Waals surface area (Å²) in [6.45, 7) is 6.04. The molecule has 8 heteroatoms. The molecule has 2 unspecified atom stereocenters. The average molecular weight is 499 g/mol. The monoisotopic (exact) mass is 498 g/mol. The highest BCUT2D eigenvalue weighted by molar-refractivity contribution is 7.80. The second-order valence-electron chi connectivity index (χ2n) is 8.98. The summed E-state index contributed by atoms with van der Waals surface area (Å²) in [7, 11) is 0. The molecule has 182 valence electrons. The number of benzene rings is 2. The number of thiocarbonyl (C=S) groups is 1. The number of aromatic hydroxyl groups is 1. The van der Waals surface area contributed by atoms with Crippen molar-refractivity contribution in [2.45, 2.75) is 32.9 Å². The Balaban J connectivity index is 1.69. The van der Waals surface area contributed by atoms with E-state index >= 15 is 0 Å². The molecule has 0 radical (unpaired) electrons. The first-order valence-electron chi connectivity index (χ1n) is 11.6. The first kappa shape index (κ1) is 23.6. The number of rotatable bonds is 5. The summed E-state index contributed by atoms with van der Waals surface area (Å²) in [5.41, 5.74) is 6.77.